The van der Waals surface area contributed by atoms with Gasteiger partial charge in [0, 0.05) is 31.2 Å². The average Bonchev–Trinajstić information content (AvgIpc) is 3.31. The Balaban J connectivity index is 1.57. The van der Waals surface area contributed by atoms with Crippen molar-refractivity contribution < 1.29 is 14.0 Å². The third kappa shape index (κ3) is 3.08. The Morgan fingerprint density at radius 1 is 1.29 bits per heavy atom. The maximum atomic E-state index is 13.6. The van der Waals surface area contributed by atoms with Gasteiger partial charge in [-0.25, -0.2) is 4.39 Å². The van der Waals surface area contributed by atoms with Crippen molar-refractivity contribution in [3.8, 4) is 11.3 Å². The van der Waals surface area contributed by atoms with Gasteiger partial charge in [-0.15, -0.1) is 0 Å². The fourth-order valence-corrected chi connectivity index (χ4v) is 4.50. The lowest BCUT2D eigenvalue weighted by Gasteiger charge is -2.41. The lowest BCUT2D eigenvalue weighted by molar-refractivity contribution is -0.147. The third-order valence-electron chi connectivity index (χ3n) is 6.02. The van der Waals surface area contributed by atoms with Crippen molar-refractivity contribution in [1.29, 1.82) is 0 Å². The number of hydrogen-bond acceptors (Lipinski definition) is 3. The number of carbonyl (C=O) groups excluding carboxylic acids is 2. The van der Waals surface area contributed by atoms with Gasteiger partial charge in [-0.1, -0.05) is 12.1 Å². The normalized spacial score (nSPS) is 22.5. The summed E-state index contributed by atoms with van der Waals surface area (Å²) in [6.45, 7) is 5.83. The molecule has 6 nitrogen and oxygen atoms in total. The van der Waals surface area contributed by atoms with Gasteiger partial charge in [0.15, 0.2) is 0 Å². The van der Waals surface area contributed by atoms with Gasteiger partial charge in [0.25, 0.3) is 5.91 Å². The molecule has 2 fully saturated rings. The highest BCUT2D eigenvalue weighted by molar-refractivity contribution is 6.00. The summed E-state index contributed by atoms with van der Waals surface area (Å²) in [5.41, 5.74) is 1.02. The zero-order valence-corrected chi connectivity index (χ0v) is 16.2. The summed E-state index contributed by atoms with van der Waals surface area (Å²) in [5.74, 6) is -0.367. The molecule has 1 aromatic heterocycles. The summed E-state index contributed by atoms with van der Waals surface area (Å²) in [5, 5.41) is 6.82. The number of carbonyl (C=O) groups is 2. The monoisotopic (exact) mass is 384 g/mol. The van der Waals surface area contributed by atoms with E-state index in [-0.39, 0.29) is 23.7 Å². The molecule has 2 amide bonds. The van der Waals surface area contributed by atoms with E-state index in [0.29, 0.717) is 36.3 Å². The van der Waals surface area contributed by atoms with Crippen LogP contribution >= 0.6 is 0 Å². The molecule has 2 aromatic rings. The zero-order valence-electron chi connectivity index (χ0n) is 16.2. The van der Waals surface area contributed by atoms with Crippen LogP contribution in [0.2, 0.25) is 0 Å². The molecule has 2 aliphatic heterocycles. The van der Waals surface area contributed by atoms with Gasteiger partial charge in [-0.3, -0.25) is 14.7 Å². The summed E-state index contributed by atoms with van der Waals surface area (Å²) < 4.78 is 13.6. The molecule has 7 heteroatoms. The van der Waals surface area contributed by atoms with Crippen molar-refractivity contribution in [3.05, 3.63) is 41.8 Å². The Morgan fingerprint density at radius 3 is 2.86 bits per heavy atom. The van der Waals surface area contributed by atoms with E-state index < -0.39 is 5.41 Å². The first-order valence-corrected chi connectivity index (χ1v) is 9.81. The number of piperidine rings is 1. The largest absolute Gasteiger partial charge is 0.340 e. The lowest BCUT2D eigenvalue weighted by Crippen LogP contribution is -2.52. The topological polar surface area (TPSA) is 69.3 Å². The van der Waals surface area contributed by atoms with E-state index in [0.717, 1.165) is 19.4 Å². The minimum Gasteiger partial charge on any atom is -0.340 e. The molecule has 0 unspecified atom stereocenters. The van der Waals surface area contributed by atoms with Crippen LogP contribution < -0.4 is 0 Å². The van der Waals surface area contributed by atoms with Crippen LogP contribution in [0.25, 0.3) is 11.3 Å². The molecule has 1 atom stereocenters. The number of amides is 2. The van der Waals surface area contributed by atoms with Crippen LogP contribution in [0.15, 0.2) is 30.5 Å². The highest BCUT2D eigenvalue weighted by atomic mass is 19.1. The Labute approximate surface area is 163 Å². The van der Waals surface area contributed by atoms with E-state index in [4.69, 9.17) is 0 Å². The second kappa shape index (κ2) is 7.04. The number of nitrogens with zero attached hydrogens (tertiary/aromatic N) is 3. The van der Waals surface area contributed by atoms with Gasteiger partial charge in [0.1, 0.15) is 5.82 Å². The summed E-state index contributed by atoms with van der Waals surface area (Å²) in [4.78, 5) is 30.0. The van der Waals surface area contributed by atoms with Crippen LogP contribution in [0, 0.1) is 11.2 Å². The van der Waals surface area contributed by atoms with Crippen LogP contribution in [0.4, 0.5) is 4.39 Å². The molecule has 2 aliphatic rings. The molecule has 2 saturated heterocycles. The maximum absolute atomic E-state index is 13.6. The minimum absolute atomic E-state index is 0.167. The molecule has 1 aromatic carbocycles. The number of halogens is 1. The predicted molar refractivity (Wildman–Crippen MR) is 103 cm³/mol. The Morgan fingerprint density at radius 2 is 2.11 bits per heavy atom. The zero-order chi connectivity index (χ0) is 19.9. The molecule has 0 radical (unpaired) electrons. The molecule has 148 valence electrons. The Bertz CT molecular complexity index is 909. The number of benzene rings is 1. The molecule has 1 N–H and O–H groups in total. The second-order valence-corrected chi connectivity index (χ2v) is 8.12. The predicted octanol–water partition coefficient (Wildman–Crippen LogP) is 3.08. The highest BCUT2D eigenvalue weighted by Crippen LogP contribution is 2.41. The van der Waals surface area contributed by atoms with Gasteiger partial charge in [0.2, 0.25) is 5.91 Å². The number of rotatable bonds is 3. The third-order valence-corrected chi connectivity index (χ3v) is 6.02. The minimum atomic E-state index is -0.471. The first-order valence-electron chi connectivity index (χ1n) is 9.81. The molecule has 0 saturated carbocycles. The van der Waals surface area contributed by atoms with E-state index in [1.807, 2.05) is 18.7 Å². The van der Waals surface area contributed by atoms with Crippen LogP contribution in [-0.2, 0) is 4.79 Å². The van der Waals surface area contributed by atoms with Gasteiger partial charge in [-0.2, -0.15) is 5.10 Å². The summed E-state index contributed by atoms with van der Waals surface area (Å²) in [6.07, 6.45) is 3.96. The average molecular weight is 384 g/mol. The van der Waals surface area contributed by atoms with Gasteiger partial charge >= 0.3 is 0 Å². The van der Waals surface area contributed by atoms with Crippen molar-refractivity contribution >= 4 is 11.8 Å². The van der Waals surface area contributed by atoms with Gasteiger partial charge < -0.3 is 9.80 Å². The van der Waals surface area contributed by atoms with Crippen molar-refractivity contribution in [2.45, 2.75) is 39.2 Å². The molecule has 1 spiro atoms. The van der Waals surface area contributed by atoms with E-state index in [1.54, 1.807) is 17.0 Å². The number of aromatic nitrogens is 2. The van der Waals surface area contributed by atoms with Crippen molar-refractivity contribution in [1.82, 2.24) is 20.0 Å². The number of aromatic amines is 1. The first-order chi connectivity index (χ1) is 13.4. The summed E-state index contributed by atoms with van der Waals surface area (Å²) >= 11 is 0. The van der Waals surface area contributed by atoms with E-state index in [1.165, 1.54) is 18.3 Å². The van der Waals surface area contributed by atoms with Crippen LogP contribution in [-0.4, -0.2) is 57.5 Å². The molecule has 0 bridgehead atoms. The lowest BCUT2D eigenvalue weighted by atomic mass is 9.78. The molecule has 28 heavy (non-hydrogen) atoms. The molecular weight excluding hydrogens is 359 g/mol. The molecular formula is C21H25FN4O2. The summed E-state index contributed by atoms with van der Waals surface area (Å²) in [7, 11) is 0. The number of hydrogen-bond donors (Lipinski definition) is 1. The first kappa shape index (κ1) is 18.7. The summed E-state index contributed by atoms with van der Waals surface area (Å²) in [6, 6.07) is 6.25. The Hall–Kier alpha value is -2.70. The molecule has 3 heterocycles. The maximum Gasteiger partial charge on any atom is 0.257 e. The van der Waals surface area contributed by atoms with Crippen LogP contribution in [0.5, 0.6) is 0 Å². The van der Waals surface area contributed by atoms with E-state index in [9.17, 15) is 14.0 Å². The number of likely N-dealkylation sites (tertiary alicyclic amines) is 2. The molecule has 4 rings (SSSR count). The smallest absolute Gasteiger partial charge is 0.257 e. The molecule has 0 aliphatic carbocycles. The van der Waals surface area contributed by atoms with E-state index >= 15 is 0 Å². The van der Waals surface area contributed by atoms with Crippen molar-refractivity contribution in [2.24, 2.45) is 5.41 Å². The Kier molecular flexibility index (Phi) is 4.69. The fraction of sp³-hybridized carbons (Fsp3) is 0.476. The quantitative estimate of drug-likeness (QED) is 0.884. The van der Waals surface area contributed by atoms with Crippen molar-refractivity contribution in [3.63, 3.8) is 0 Å². The van der Waals surface area contributed by atoms with Crippen LogP contribution in [0.3, 0.4) is 0 Å². The highest BCUT2D eigenvalue weighted by Gasteiger charge is 2.50. The van der Waals surface area contributed by atoms with Gasteiger partial charge in [-0.05, 0) is 45.2 Å². The van der Waals surface area contributed by atoms with E-state index in [2.05, 4.69) is 10.2 Å². The number of nitrogens with one attached hydrogen (secondary N) is 1. The standard InChI is InChI=1S/C21H25FN4O2/c1-14(2)26-9-4-7-21(20(26)28)8-10-25(13-21)19(27)17-12-23-24-18(17)15-5-3-6-16(22)11-15/h3,5-6,11-12,14H,4,7-10,13H2,1-2H3,(H,23,24)/t21-/m1/s1. The van der Waals surface area contributed by atoms with Crippen molar-refractivity contribution in [2.75, 3.05) is 19.6 Å². The fourth-order valence-electron chi connectivity index (χ4n) is 4.50. The SMILES string of the molecule is CC(C)N1CCC[C@]2(CCN(C(=O)c3cn[nH]c3-c3cccc(F)c3)C2)C1=O. The second-order valence-electron chi connectivity index (χ2n) is 8.12. The van der Waals surface area contributed by atoms with Gasteiger partial charge in [0.05, 0.1) is 22.9 Å². The number of H-pyrrole nitrogens is 1. The van der Waals surface area contributed by atoms with Crippen LogP contribution in [0.1, 0.15) is 43.5 Å².